The molecule has 0 aliphatic rings. The van der Waals surface area contributed by atoms with E-state index in [2.05, 4.69) is 88.4 Å². The fourth-order valence-electron chi connectivity index (χ4n) is 11.9. The minimum atomic E-state index is -0.725. The standard InChI is InChI=1S/C14H14FN2.7C13H11F2N2.4CN.4Ir/c1-10-4-5-12(13(15)8-10)14-9-11(17(2)3)6-7-16-14;1-17(2)12-3-4-16-13(8-12)9-5-10(14)7-11(15)6-9;6*1-17(2)10-5-6-16-13(8-10)11-4-3-9(14)7-12(11)15;4*1-2;;;;/h4,6-9H,1-3H3;3-5,7-8H,1-2H3;6*3,5-8H,1-2H3;;;;;;;;/q12*-1;4*+3. The molecule has 0 aliphatic carbocycles. The van der Waals surface area contributed by atoms with E-state index in [1.165, 1.54) is 12.1 Å². The first-order valence-corrected chi connectivity index (χ1v) is 41.9. The molecule has 0 N–H and O–H groups in total. The molecule has 16 aromatic rings. The quantitative estimate of drug-likeness (QED) is 0.0647. The number of nitrogens with zero attached hydrogens (tertiary/aromatic N) is 20. The minimum Gasteiger partial charge on any atom is -0.512 e. The van der Waals surface area contributed by atoms with Crippen LogP contribution in [0.5, 0.6) is 0 Å². The molecule has 8 aromatic heterocycles. The Morgan fingerprint density at radius 2 is 0.358 bits per heavy atom. The van der Waals surface area contributed by atoms with E-state index >= 15 is 0 Å². The molecule has 0 saturated heterocycles. The summed E-state index contributed by atoms with van der Waals surface area (Å²) >= 11 is 0. The van der Waals surface area contributed by atoms with Crippen molar-refractivity contribution in [1.29, 1.82) is 21.0 Å². The second-order valence-corrected chi connectivity index (χ2v) is 31.1. The van der Waals surface area contributed by atoms with Crippen molar-refractivity contribution in [1.82, 2.24) is 39.9 Å². The maximum Gasteiger partial charge on any atom is 3.00 e. The van der Waals surface area contributed by atoms with Crippen molar-refractivity contribution in [2.24, 2.45) is 0 Å². The zero-order valence-electron chi connectivity index (χ0n) is 82.0. The van der Waals surface area contributed by atoms with Crippen LogP contribution in [0.3, 0.4) is 0 Å². The average Bonchev–Trinajstić information content (AvgIpc) is 0.779. The fraction of sp³-hybridized carbons (Fsp3) is 0.156. The summed E-state index contributed by atoms with van der Waals surface area (Å²) in [6.45, 7) is 20.8. The number of hydrogen-bond donors (Lipinski definition) is 0. The molecule has 148 heavy (non-hydrogen) atoms. The molecular formula is C109H91F15Ir4N20. The van der Waals surface area contributed by atoms with Crippen molar-refractivity contribution < 1.29 is 146 Å². The van der Waals surface area contributed by atoms with Crippen LogP contribution < -0.4 is 39.2 Å². The Morgan fingerprint density at radius 3 is 0.514 bits per heavy atom. The normalized spacial score (nSPS) is 9.57. The number of rotatable bonds is 16. The predicted molar refractivity (Wildman–Crippen MR) is 527 cm³/mol. The smallest absolute Gasteiger partial charge is 0.512 e. The second-order valence-electron chi connectivity index (χ2n) is 31.1. The van der Waals surface area contributed by atoms with Crippen molar-refractivity contribution in [2.45, 2.75) is 6.92 Å². The van der Waals surface area contributed by atoms with Crippen LogP contribution in [0.2, 0.25) is 0 Å². The molecule has 8 heterocycles. The molecule has 0 bridgehead atoms. The molecule has 0 saturated carbocycles. The molecule has 39 heteroatoms. The molecule has 8 aromatic carbocycles. The van der Waals surface area contributed by atoms with Crippen LogP contribution in [0.4, 0.5) is 111 Å². The summed E-state index contributed by atoms with van der Waals surface area (Å²) in [4.78, 5) is 47.8. The van der Waals surface area contributed by atoms with E-state index in [0.29, 0.717) is 56.7 Å². The van der Waals surface area contributed by atoms with Crippen molar-refractivity contribution >= 4 is 45.5 Å². The third-order valence-electron chi connectivity index (χ3n) is 19.1. The molecule has 0 radical (unpaired) electrons. The van der Waals surface area contributed by atoms with Gasteiger partial charge in [-0.2, -0.15) is 0 Å². The maximum absolute atomic E-state index is 13.8. The Hall–Kier alpha value is -15.1. The van der Waals surface area contributed by atoms with E-state index < -0.39 is 81.4 Å². The molecule has 16 rings (SSSR count). The van der Waals surface area contributed by atoms with Gasteiger partial charge in [0.2, 0.25) is 0 Å². The molecule has 0 amide bonds. The summed E-state index contributed by atoms with van der Waals surface area (Å²) in [6, 6.07) is 66.1. The minimum absolute atomic E-state index is 0. The summed E-state index contributed by atoms with van der Waals surface area (Å²) in [5, 5.41) is 25.0. The summed E-state index contributed by atoms with van der Waals surface area (Å²) in [7, 11) is 30.2. The van der Waals surface area contributed by atoms with Gasteiger partial charge in [0.1, 0.15) is 0 Å². The van der Waals surface area contributed by atoms with Crippen molar-refractivity contribution in [3.63, 3.8) is 0 Å². The van der Waals surface area contributed by atoms with Gasteiger partial charge in [0.05, 0.1) is 0 Å². The zero-order valence-corrected chi connectivity index (χ0v) is 91.6. The van der Waals surface area contributed by atoms with Gasteiger partial charge in [0.25, 0.3) is 0 Å². The molecule has 0 unspecified atom stereocenters. The summed E-state index contributed by atoms with van der Waals surface area (Å²) < 4.78 is 198. The Labute approximate surface area is 906 Å². The van der Waals surface area contributed by atoms with Gasteiger partial charge in [0, 0.05) is 295 Å². The first kappa shape index (κ1) is 131. The molecule has 768 valence electrons. The Bertz CT molecular complexity index is 5930. The van der Waals surface area contributed by atoms with Crippen LogP contribution in [-0.2, 0) is 80.4 Å². The van der Waals surface area contributed by atoms with Crippen LogP contribution >= 0.6 is 0 Å². The monoisotopic (exact) mass is 2740 g/mol. The Kier molecular flexibility index (Phi) is 58.4. The zero-order chi connectivity index (χ0) is 107. The number of anilines is 8. The fourth-order valence-corrected chi connectivity index (χ4v) is 11.9. The van der Waals surface area contributed by atoms with Gasteiger partial charge in [-0.1, -0.05) is 137 Å². The van der Waals surface area contributed by atoms with E-state index in [-0.39, 0.29) is 120 Å². The molecule has 0 atom stereocenters. The van der Waals surface area contributed by atoms with E-state index in [9.17, 15) is 65.9 Å². The number of hydrogen-bond acceptors (Lipinski definition) is 20. The number of aryl methyl sites for hydroxylation is 1. The van der Waals surface area contributed by atoms with E-state index in [0.717, 1.165) is 130 Å². The third-order valence-corrected chi connectivity index (χ3v) is 19.1. The van der Waals surface area contributed by atoms with Gasteiger partial charge < -0.3 is 126 Å². The van der Waals surface area contributed by atoms with Crippen LogP contribution in [0.1, 0.15) is 5.56 Å². The van der Waals surface area contributed by atoms with E-state index in [1.807, 2.05) is 213 Å². The second kappa shape index (κ2) is 66.1. The van der Waals surface area contributed by atoms with Gasteiger partial charge in [-0.05, 0) is 94.1 Å². The molecule has 0 aliphatic heterocycles. The maximum atomic E-state index is 13.8. The first-order chi connectivity index (χ1) is 68.6. The summed E-state index contributed by atoms with van der Waals surface area (Å²) in [6.07, 6.45) is 12.8. The van der Waals surface area contributed by atoms with Gasteiger partial charge in [-0.3, -0.25) is 57.1 Å². The number of aromatic nitrogens is 8. The summed E-state index contributed by atoms with van der Waals surface area (Å²) in [5.41, 5.74) is 13.6. The summed E-state index contributed by atoms with van der Waals surface area (Å²) in [5.74, 6) is -9.45. The predicted octanol–water partition coefficient (Wildman–Crippen LogP) is 23.7. The Morgan fingerprint density at radius 1 is 0.203 bits per heavy atom. The van der Waals surface area contributed by atoms with Gasteiger partial charge in [-0.15, -0.1) is 114 Å². The van der Waals surface area contributed by atoms with Crippen molar-refractivity contribution in [3.8, 4) is 90.1 Å². The van der Waals surface area contributed by atoms with Crippen molar-refractivity contribution in [3.05, 3.63) is 411 Å². The average molecular weight is 2730 g/mol. The van der Waals surface area contributed by atoms with Crippen LogP contribution in [-0.4, -0.2) is 153 Å². The van der Waals surface area contributed by atoms with Crippen LogP contribution in [0.15, 0.2) is 244 Å². The Balaban J connectivity index is 0.000000834. The van der Waals surface area contributed by atoms with Crippen LogP contribution in [0, 0.1) is 190 Å². The van der Waals surface area contributed by atoms with E-state index in [1.54, 1.807) is 98.1 Å². The van der Waals surface area contributed by atoms with Crippen LogP contribution in [0.25, 0.3) is 90.1 Å². The number of halogens is 15. The first-order valence-electron chi connectivity index (χ1n) is 41.9. The SMILES string of the molecule is CN(C)c1ccnc(-c2[c-]c(F)cc(F)c2)c1.CN(C)c1ccnc(-c2[c-]cc(F)cc2F)c1.CN(C)c1ccnc(-c2[c-]cc(F)cc2F)c1.CN(C)c1ccnc(-c2[c-]cc(F)cc2F)c1.CN(C)c1ccnc(-c2[c-]cc(F)cc2F)c1.CN(C)c1ccnc(-c2[c-]cc(F)cc2F)c1.CN(C)c1ccnc(-c2[c-]cc(F)cc2F)c1.Cc1c[c-]c(-c2cc(N(C)C)ccn2)c(F)c1.[C-]#N.[C-]#N.[C-]#N.[C-]#N.[Ir+3].[Ir+3].[Ir+3].[Ir+3]. The molecule has 20 nitrogen and oxygen atoms in total. The largest absolute Gasteiger partial charge is 3.00 e. The topological polar surface area (TPSA) is 224 Å². The van der Waals surface area contributed by atoms with Gasteiger partial charge >= 0.3 is 80.4 Å². The van der Waals surface area contributed by atoms with Crippen molar-refractivity contribution in [2.75, 3.05) is 152 Å². The number of benzene rings is 8. The third kappa shape index (κ3) is 41.1. The van der Waals surface area contributed by atoms with E-state index in [4.69, 9.17) is 47.3 Å². The van der Waals surface area contributed by atoms with Gasteiger partial charge in [-0.25, -0.2) is 8.78 Å². The number of pyridine rings is 8. The molecule has 0 spiro atoms. The molecular weight excluding hydrogens is 2640 g/mol. The van der Waals surface area contributed by atoms with Gasteiger partial charge in [0.15, 0.2) is 0 Å². The molecule has 0 fully saturated rings.